The van der Waals surface area contributed by atoms with Gasteiger partial charge in [0.2, 0.25) is 0 Å². The molecule has 1 saturated heterocycles. The molecule has 148 valence electrons. The second kappa shape index (κ2) is 6.47. The summed E-state index contributed by atoms with van der Waals surface area (Å²) < 4.78 is 12.1. The first-order valence-electron chi connectivity index (χ1n) is 9.91. The second-order valence-electron chi connectivity index (χ2n) is 9.08. The molecular weight excluding hydrogens is 364 g/mol. The van der Waals surface area contributed by atoms with Crippen LogP contribution in [0.5, 0.6) is 0 Å². The zero-order valence-electron chi connectivity index (χ0n) is 16.4. The van der Waals surface area contributed by atoms with Gasteiger partial charge in [0.05, 0.1) is 12.0 Å². The summed E-state index contributed by atoms with van der Waals surface area (Å²) in [5, 5.41) is 10.6. The molecule has 0 aromatic rings. The number of hydrogen-bond acceptors (Lipinski definition) is 4. The molecule has 27 heavy (non-hydrogen) atoms. The zero-order valence-corrected chi connectivity index (χ0v) is 17.1. The van der Waals surface area contributed by atoms with Crippen LogP contribution in [-0.2, 0) is 14.3 Å². The van der Waals surface area contributed by atoms with Gasteiger partial charge < -0.3 is 14.6 Å². The van der Waals surface area contributed by atoms with Crippen molar-refractivity contribution in [2.75, 3.05) is 6.61 Å². The number of fused-ring (bicyclic) bond motifs is 4. The van der Waals surface area contributed by atoms with Crippen LogP contribution in [0.1, 0.15) is 52.9 Å². The van der Waals surface area contributed by atoms with Gasteiger partial charge >= 0.3 is 0 Å². The van der Waals surface area contributed by atoms with Crippen molar-refractivity contribution >= 4 is 17.4 Å². The highest BCUT2D eigenvalue weighted by molar-refractivity contribution is 6.22. The number of ketones is 1. The summed E-state index contributed by atoms with van der Waals surface area (Å²) >= 11 is 6.33. The average molecular weight is 393 g/mol. The van der Waals surface area contributed by atoms with Crippen molar-refractivity contribution in [3.63, 3.8) is 0 Å². The molecule has 4 rings (SSSR count). The number of rotatable bonds is 4. The fourth-order valence-corrected chi connectivity index (χ4v) is 5.38. The van der Waals surface area contributed by atoms with Gasteiger partial charge in [-0.2, -0.15) is 0 Å². The van der Waals surface area contributed by atoms with E-state index in [-0.39, 0.29) is 35.4 Å². The predicted molar refractivity (Wildman–Crippen MR) is 104 cm³/mol. The number of carbonyl (C=O) groups excluding carboxylic acids is 1. The standard InChI is InChI=1S/C22H29ClO4/c1-12(2)17(23)6-5-13(3)14-7-8-21(4)16(14)9-15-19(27-21)18-10-22(25,11-26-18)20(15)24/h5,14,16-18,25H,1,6-11H2,2-4H3/t14-,16-,17?,18-,21+,22+/m0/s1. The van der Waals surface area contributed by atoms with Crippen LogP contribution in [0.25, 0.3) is 0 Å². The smallest absolute Gasteiger partial charge is 0.196 e. The number of hydrogen-bond donors (Lipinski definition) is 1. The first kappa shape index (κ1) is 19.2. The van der Waals surface area contributed by atoms with E-state index in [0.717, 1.165) is 24.8 Å². The Bertz CT molecular complexity index is 753. The summed E-state index contributed by atoms with van der Waals surface area (Å²) in [5.74, 6) is 1.09. The molecule has 2 aliphatic carbocycles. The van der Waals surface area contributed by atoms with Crippen LogP contribution < -0.4 is 0 Å². The highest BCUT2D eigenvalue weighted by Gasteiger charge is 2.59. The topological polar surface area (TPSA) is 55.8 Å². The highest BCUT2D eigenvalue weighted by atomic mass is 35.5. The lowest BCUT2D eigenvalue weighted by atomic mass is 9.72. The molecule has 1 saturated carbocycles. The highest BCUT2D eigenvalue weighted by Crippen LogP contribution is 2.56. The maximum atomic E-state index is 12.9. The summed E-state index contributed by atoms with van der Waals surface area (Å²) in [6, 6.07) is 0. The molecule has 1 N–H and O–H groups in total. The van der Waals surface area contributed by atoms with Crippen molar-refractivity contribution in [2.45, 2.75) is 75.6 Å². The number of Topliss-reactive ketones (excluding diaryl/α,β-unsaturated/α-hetero) is 1. The van der Waals surface area contributed by atoms with Crippen molar-refractivity contribution in [3.05, 3.63) is 35.1 Å². The van der Waals surface area contributed by atoms with Crippen LogP contribution in [0.15, 0.2) is 35.1 Å². The van der Waals surface area contributed by atoms with Gasteiger partial charge in [-0.05, 0) is 52.4 Å². The fraction of sp³-hybridized carbons (Fsp3) is 0.682. The first-order chi connectivity index (χ1) is 12.6. The summed E-state index contributed by atoms with van der Waals surface area (Å²) in [6.45, 7) is 10.3. The summed E-state index contributed by atoms with van der Waals surface area (Å²) in [5.41, 5.74) is 1.31. The van der Waals surface area contributed by atoms with Crippen molar-refractivity contribution in [3.8, 4) is 0 Å². The minimum Gasteiger partial charge on any atom is -0.488 e. The van der Waals surface area contributed by atoms with Crippen molar-refractivity contribution in [2.24, 2.45) is 11.8 Å². The summed E-state index contributed by atoms with van der Waals surface area (Å²) in [7, 11) is 0. The molecule has 0 amide bonds. The van der Waals surface area contributed by atoms with E-state index in [1.807, 2.05) is 6.92 Å². The lowest BCUT2D eigenvalue weighted by molar-refractivity contribution is -0.136. The molecule has 2 fully saturated rings. The van der Waals surface area contributed by atoms with Gasteiger partial charge in [0, 0.05) is 17.9 Å². The SMILES string of the molecule is C=C(C)C(Cl)CC=C(C)[C@@H]1CC[C@@]2(C)OC3=C(C[C@@H]12)C(=O)[C@]1(O)CO[C@H]3C1. The van der Waals surface area contributed by atoms with Gasteiger partial charge in [0.15, 0.2) is 11.4 Å². The van der Waals surface area contributed by atoms with Crippen molar-refractivity contribution < 1.29 is 19.4 Å². The van der Waals surface area contributed by atoms with Crippen molar-refractivity contribution in [1.29, 1.82) is 0 Å². The summed E-state index contributed by atoms with van der Waals surface area (Å²) in [4.78, 5) is 12.9. The Morgan fingerprint density at radius 2 is 2.22 bits per heavy atom. The Kier molecular flexibility index (Phi) is 4.60. The number of allylic oxidation sites excluding steroid dienone is 3. The number of aliphatic hydroxyl groups is 1. The molecular formula is C22H29ClO4. The van der Waals surface area contributed by atoms with Gasteiger partial charge in [0.25, 0.3) is 0 Å². The maximum absolute atomic E-state index is 12.9. The van der Waals surface area contributed by atoms with Crippen LogP contribution in [0, 0.1) is 11.8 Å². The number of alkyl halides is 1. The Hall–Kier alpha value is -1.10. The van der Waals surface area contributed by atoms with Crippen molar-refractivity contribution in [1.82, 2.24) is 0 Å². The van der Waals surface area contributed by atoms with Crippen LogP contribution in [0.2, 0.25) is 0 Å². The minimum absolute atomic E-state index is 0.0494. The molecule has 6 atom stereocenters. The van der Waals surface area contributed by atoms with E-state index in [9.17, 15) is 9.90 Å². The molecule has 1 unspecified atom stereocenters. The Balaban J connectivity index is 1.59. The zero-order chi connectivity index (χ0) is 19.6. The molecule has 4 nitrogen and oxygen atoms in total. The molecule has 4 aliphatic rings. The Morgan fingerprint density at radius 3 is 2.93 bits per heavy atom. The van der Waals surface area contributed by atoms with E-state index in [2.05, 4.69) is 26.5 Å². The average Bonchev–Trinajstić information content (AvgIpc) is 3.15. The third-order valence-corrected chi connectivity index (χ3v) is 7.64. The summed E-state index contributed by atoms with van der Waals surface area (Å²) in [6.07, 6.45) is 5.69. The van der Waals surface area contributed by atoms with E-state index in [1.165, 1.54) is 5.57 Å². The van der Waals surface area contributed by atoms with Crippen LogP contribution in [0.3, 0.4) is 0 Å². The fourth-order valence-electron chi connectivity index (χ4n) is 5.29. The first-order valence-corrected chi connectivity index (χ1v) is 10.4. The second-order valence-corrected chi connectivity index (χ2v) is 9.60. The van der Waals surface area contributed by atoms with Gasteiger partial charge in [-0.15, -0.1) is 11.6 Å². The maximum Gasteiger partial charge on any atom is 0.196 e. The van der Waals surface area contributed by atoms with E-state index >= 15 is 0 Å². The van der Waals surface area contributed by atoms with Gasteiger partial charge in [0.1, 0.15) is 17.5 Å². The molecule has 2 heterocycles. The molecule has 0 spiro atoms. The van der Waals surface area contributed by atoms with Gasteiger partial charge in [-0.1, -0.05) is 23.8 Å². The predicted octanol–water partition coefficient (Wildman–Crippen LogP) is 4.07. The quantitative estimate of drug-likeness (QED) is 0.578. The Labute approximate surface area is 166 Å². The van der Waals surface area contributed by atoms with Gasteiger partial charge in [-0.3, -0.25) is 4.79 Å². The van der Waals surface area contributed by atoms with E-state index < -0.39 is 5.60 Å². The number of halogens is 1. The van der Waals surface area contributed by atoms with E-state index in [1.54, 1.807) is 0 Å². The molecule has 2 bridgehead atoms. The molecule has 0 aromatic carbocycles. The monoisotopic (exact) mass is 392 g/mol. The van der Waals surface area contributed by atoms with E-state index in [4.69, 9.17) is 21.1 Å². The minimum atomic E-state index is -1.35. The Morgan fingerprint density at radius 1 is 1.48 bits per heavy atom. The third-order valence-electron chi connectivity index (χ3n) is 7.09. The lowest BCUT2D eigenvalue weighted by Gasteiger charge is -2.44. The molecule has 2 aliphatic heterocycles. The van der Waals surface area contributed by atoms with Crippen LogP contribution in [0.4, 0.5) is 0 Å². The third kappa shape index (κ3) is 3.01. The normalized spacial score (nSPS) is 41.9. The molecule has 0 radical (unpaired) electrons. The molecule has 5 heteroatoms. The lowest BCUT2D eigenvalue weighted by Crippen LogP contribution is -2.49. The van der Waals surface area contributed by atoms with Crippen LogP contribution in [-0.4, -0.2) is 40.2 Å². The number of ether oxygens (including phenoxy) is 2. The van der Waals surface area contributed by atoms with Gasteiger partial charge in [-0.25, -0.2) is 0 Å². The number of carbonyl (C=O) groups is 1. The largest absolute Gasteiger partial charge is 0.488 e. The van der Waals surface area contributed by atoms with E-state index in [0.29, 0.717) is 30.1 Å². The molecule has 0 aromatic heterocycles. The van der Waals surface area contributed by atoms with Crippen LogP contribution >= 0.6 is 11.6 Å².